The van der Waals surface area contributed by atoms with Crippen molar-refractivity contribution in [3.8, 4) is 5.75 Å². The van der Waals surface area contributed by atoms with Crippen LogP contribution in [-0.2, 0) is 6.54 Å². The molecule has 1 unspecified atom stereocenters. The van der Waals surface area contributed by atoms with Crippen LogP contribution in [0.3, 0.4) is 0 Å². The van der Waals surface area contributed by atoms with Gasteiger partial charge in [0.05, 0.1) is 0 Å². The largest absolute Gasteiger partial charge is 0.508 e. The normalized spacial score (nSPS) is 20.8. The zero-order valence-corrected chi connectivity index (χ0v) is 19.1. The summed E-state index contributed by atoms with van der Waals surface area (Å²) in [5, 5.41) is 10.3. The fraction of sp³-hybridized carbons (Fsp3) is 0.296. The van der Waals surface area contributed by atoms with E-state index in [0.29, 0.717) is 5.75 Å². The third kappa shape index (κ3) is 3.57. The molecule has 3 heterocycles. The van der Waals surface area contributed by atoms with Gasteiger partial charge >= 0.3 is 0 Å². The van der Waals surface area contributed by atoms with Crippen molar-refractivity contribution in [3.63, 3.8) is 0 Å². The number of aromatic hydroxyl groups is 1. The number of fused-ring (bicyclic) bond motifs is 1. The van der Waals surface area contributed by atoms with Crippen molar-refractivity contribution in [1.82, 2.24) is 9.80 Å². The molecule has 7 nitrogen and oxygen atoms in total. The lowest BCUT2D eigenvalue weighted by Gasteiger charge is -2.61. The molecule has 3 aromatic rings. The van der Waals surface area contributed by atoms with E-state index in [4.69, 9.17) is 0 Å². The number of phenols is 1. The molecule has 0 bridgehead atoms. The summed E-state index contributed by atoms with van der Waals surface area (Å²) in [4.78, 5) is 17.7. The summed E-state index contributed by atoms with van der Waals surface area (Å²) in [5.41, 5.74) is 13.2. The zero-order valence-electron chi connectivity index (χ0n) is 19.1. The van der Waals surface area contributed by atoms with Crippen LogP contribution in [-0.4, -0.2) is 40.4 Å². The number of carbonyl (C=O) groups is 1. The maximum atomic E-state index is 13.2. The molecule has 1 spiro atoms. The number of likely N-dealkylation sites (tertiary alicyclic amines) is 2. The standard InChI is InChI=1S/C27H29N5O2/c33-24-9-5-4-8-21(24)17-32-18-27(25(32)19-6-2-1-3-7-19)12-14-31(15-13-27)26(34)20-10-11-22-23(16-20)29-30-28-22/h1-11,16,25,28-30,33H,12-15,17-18H2/p+1. The molecule has 3 aliphatic heterocycles. The van der Waals surface area contributed by atoms with E-state index < -0.39 is 0 Å². The quantitative estimate of drug-likeness (QED) is 0.454. The van der Waals surface area contributed by atoms with Gasteiger partial charge in [0.2, 0.25) is 0 Å². The van der Waals surface area contributed by atoms with Crippen molar-refractivity contribution in [1.29, 1.82) is 0 Å². The molecule has 2 fully saturated rings. The Bertz CT molecular complexity index is 1210. The minimum atomic E-state index is 0.105. The lowest BCUT2D eigenvalue weighted by atomic mass is 9.63. The number of nitrogens with zero attached hydrogens (tertiary/aromatic N) is 2. The molecule has 0 aliphatic carbocycles. The van der Waals surface area contributed by atoms with Gasteiger partial charge in [-0.05, 0) is 42.7 Å². The first-order valence-corrected chi connectivity index (χ1v) is 12.0. The van der Waals surface area contributed by atoms with E-state index in [9.17, 15) is 9.90 Å². The first-order chi connectivity index (χ1) is 16.6. The molecule has 5 N–H and O–H groups in total. The number of piperidine rings is 1. The predicted molar refractivity (Wildman–Crippen MR) is 131 cm³/mol. The number of nitrogens with two attached hydrogens (primary N) is 1. The van der Waals surface area contributed by atoms with Gasteiger partial charge in [0.25, 0.3) is 5.91 Å². The number of phenolic OH excluding ortho intramolecular Hbond substituents is 1. The summed E-state index contributed by atoms with van der Waals surface area (Å²) < 4.78 is 0. The highest BCUT2D eigenvalue weighted by Gasteiger charge is 2.54. The van der Waals surface area contributed by atoms with Crippen LogP contribution < -0.4 is 16.4 Å². The number of rotatable bonds is 4. The highest BCUT2D eigenvalue weighted by molar-refractivity contribution is 5.96. The van der Waals surface area contributed by atoms with E-state index in [1.807, 2.05) is 41.3 Å². The van der Waals surface area contributed by atoms with Crippen LogP contribution in [0.5, 0.6) is 5.75 Å². The van der Waals surface area contributed by atoms with E-state index in [1.54, 1.807) is 11.6 Å². The molecular formula is C27H30N5O2+. The second-order valence-electron chi connectivity index (χ2n) is 9.69. The Morgan fingerprint density at radius 3 is 2.50 bits per heavy atom. The van der Waals surface area contributed by atoms with E-state index >= 15 is 0 Å². The highest BCUT2D eigenvalue weighted by atomic mass is 16.3. The molecule has 3 aliphatic rings. The van der Waals surface area contributed by atoms with Crippen molar-refractivity contribution in [2.45, 2.75) is 25.4 Å². The van der Waals surface area contributed by atoms with Gasteiger partial charge in [-0.3, -0.25) is 9.69 Å². The maximum absolute atomic E-state index is 13.2. The van der Waals surface area contributed by atoms with Gasteiger partial charge in [-0.15, -0.1) is 5.53 Å². The second-order valence-corrected chi connectivity index (χ2v) is 9.69. The summed E-state index contributed by atoms with van der Waals surface area (Å²) in [5.74, 6) is 0.459. The zero-order chi connectivity index (χ0) is 23.1. The third-order valence-corrected chi connectivity index (χ3v) is 7.71. The molecule has 1 amide bonds. The molecule has 6 rings (SSSR count). The molecule has 2 saturated heterocycles. The molecule has 0 aromatic heterocycles. The maximum Gasteiger partial charge on any atom is 0.253 e. The van der Waals surface area contributed by atoms with Crippen molar-refractivity contribution in [2.24, 2.45) is 5.41 Å². The van der Waals surface area contributed by atoms with E-state index in [-0.39, 0.29) is 17.4 Å². The number of anilines is 2. The fourth-order valence-electron chi connectivity index (χ4n) is 5.95. The summed E-state index contributed by atoms with van der Waals surface area (Å²) in [6, 6.07) is 24.4. The average Bonchev–Trinajstić information content (AvgIpc) is 3.33. The Morgan fingerprint density at radius 1 is 0.971 bits per heavy atom. The Balaban J connectivity index is 1.19. The monoisotopic (exact) mass is 456 g/mol. The van der Waals surface area contributed by atoms with Crippen molar-refractivity contribution in [3.05, 3.63) is 89.5 Å². The summed E-state index contributed by atoms with van der Waals surface area (Å²) in [6.45, 7) is 3.24. The first kappa shape index (κ1) is 21.0. The number of benzene rings is 3. The van der Waals surface area contributed by atoms with E-state index in [0.717, 1.165) is 61.5 Å². The van der Waals surface area contributed by atoms with Crippen LogP contribution in [0.2, 0.25) is 0 Å². The summed E-state index contributed by atoms with van der Waals surface area (Å²) in [7, 11) is 0. The molecule has 0 radical (unpaired) electrons. The van der Waals surface area contributed by atoms with Crippen LogP contribution in [0.15, 0.2) is 72.8 Å². The van der Waals surface area contributed by atoms with E-state index in [1.165, 1.54) is 5.56 Å². The average molecular weight is 457 g/mol. The lowest BCUT2D eigenvalue weighted by Crippen LogP contribution is -2.89. The van der Waals surface area contributed by atoms with Gasteiger partial charge in [-0.2, -0.15) is 0 Å². The smallest absolute Gasteiger partial charge is 0.253 e. The molecule has 0 saturated carbocycles. The van der Waals surface area contributed by atoms with Crippen LogP contribution in [0.25, 0.3) is 0 Å². The van der Waals surface area contributed by atoms with Crippen molar-refractivity contribution < 1.29 is 15.4 Å². The number of carbonyl (C=O) groups excluding carboxylic acids is 1. The predicted octanol–water partition coefficient (Wildman–Crippen LogP) is 3.10. The Morgan fingerprint density at radius 2 is 1.71 bits per heavy atom. The highest BCUT2D eigenvalue weighted by Crippen LogP contribution is 2.55. The minimum Gasteiger partial charge on any atom is -0.508 e. The molecule has 34 heavy (non-hydrogen) atoms. The molecular weight excluding hydrogens is 426 g/mol. The number of para-hydroxylation sites is 1. The first-order valence-electron chi connectivity index (χ1n) is 12.0. The van der Waals surface area contributed by atoms with Crippen molar-refractivity contribution in [2.75, 3.05) is 30.5 Å². The van der Waals surface area contributed by atoms with Gasteiger partial charge in [0.1, 0.15) is 17.1 Å². The van der Waals surface area contributed by atoms with Gasteiger partial charge in [0.15, 0.2) is 0 Å². The van der Waals surface area contributed by atoms with Crippen molar-refractivity contribution >= 4 is 17.3 Å². The number of hydrogen-bond donors (Lipinski definition) is 4. The Labute approximate surface area is 199 Å². The molecule has 3 aromatic carbocycles. The van der Waals surface area contributed by atoms with Crippen LogP contribution in [0.4, 0.5) is 11.4 Å². The number of quaternary nitrogens is 1. The molecule has 174 valence electrons. The lowest BCUT2D eigenvalue weighted by molar-refractivity contribution is -0.588. The van der Waals surface area contributed by atoms with Crippen LogP contribution >= 0.6 is 0 Å². The number of nitrogens with one attached hydrogen (secondary N) is 2. The van der Waals surface area contributed by atoms with E-state index in [2.05, 4.69) is 46.1 Å². The minimum absolute atomic E-state index is 0.105. The van der Waals surface area contributed by atoms with Crippen LogP contribution in [0.1, 0.15) is 40.4 Å². The summed E-state index contributed by atoms with van der Waals surface area (Å²) in [6.07, 6.45) is 1.96. The van der Waals surface area contributed by atoms with Gasteiger partial charge in [-0.1, -0.05) is 48.5 Å². The number of amides is 1. The number of nitrogen functional groups attached to an aromatic ring is 2. The molecule has 7 heteroatoms. The third-order valence-electron chi connectivity index (χ3n) is 7.71. The molecule has 1 atom stereocenters. The number of hydrogen-bond acceptors (Lipinski definition) is 5. The SMILES string of the molecule is O=C(c1ccc2c(c1)N[NH2+]N2)N1CCC2(CC1)CN(Cc1ccccc1O)C2c1ccccc1. The summed E-state index contributed by atoms with van der Waals surface area (Å²) >= 11 is 0. The van der Waals surface area contributed by atoms with Crippen LogP contribution in [0, 0.1) is 5.41 Å². The topological polar surface area (TPSA) is 84.5 Å². The second kappa shape index (κ2) is 8.34. The Kier molecular flexibility index (Phi) is 5.16. The van der Waals surface area contributed by atoms with Gasteiger partial charge in [0, 0.05) is 48.8 Å². The Hall–Kier alpha value is -3.55. The van der Waals surface area contributed by atoms with Gasteiger partial charge < -0.3 is 10.0 Å². The van der Waals surface area contributed by atoms with Gasteiger partial charge in [-0.25, -0.2) is 10.9 Å². The fourth-order valence-corrected chi connectivity index (χ4v) is 5.95.